The first-order valence-electron chi connectivity index (χ1n) is 15.8. The Hall–Kier alpha value is -2.40. The van der Waals surface area contributed by atoms with E-state index in [9.17, 15) is 93.7 Å². The quantitative estimate of drug-likeness (QED) is 0.168. The van der Waals surface area contributed by atoms with E-state index >= 15 is 0 Å². The molecule has 1 unspecified atom stereocenters. The minimum absolute atomic E-state index is 0.228. The zero-order chi connectivity index (χ0) is 43.8. The van der Waals surface area contributed by atoms with E-state index in [1.54, 1.807) is 6.92 Å². The first-order chi connectivity index (χ1) is 23.5. The second kappa shape index (κ2) is 16.2. The highest BCUT2D eigenvalue weighted by molar-refractivity contribution is 5.76. The Bertz CT molecular complexity index is 1210. The van der Waals surface area contributed by atoms with Crippen molar-refractivity contribution < 1.29 is 108 Å². The Morgan fingerprint density at radius 3 is 1.15 bits per heavy atom. The average Bonchev–Trinajstić information content (AvgIpc) is 2.95. The van der Waals surface area contributed by atoms with Crippen molar-refractivity contribution in [1.29, 1.82) is 0 Å². The summed E-state index contributed by atoms with van der Waals surface area (Å²) >= 11 is 0. The Labute approximate surface area is 296 Å². The third-order valence-corrected chi connectivity index (χ3v) is 9.56. The van der Waals surface area contributed by atoms with Gasteiger partial charge >= 0.3 is 54.6 Å². The molecule has 2 N–H and O–H groups in total. The Kier molecular flexibility index (Phi) is 15.5. The van der Waals surface area contributed by atoms with Gasteiger partial charge in [-0.25, -0.2) is 0 Å². The lowest BCUT2D eigenvalue weighted by Gasteiger charge is -2.47. The molecule has 0 heterocycles. The van der Waals surface area contributed by atoms with Crippen LogP contribution in [-0.2, 0) is 19.1 Å². The first-order valence-corrected chi connectivity index (χ1v) is 15.8. The molecule has 0 aromatic heterocycles. The van der Waals surface area contributed by atoms with Crippen molar-refractivity contribution in [1.82, 2.24) is 0 Å². The minimum Gasteiger partial charge on any atom is -0.462 e. The summed E-state index contributed by atoms with van der Waals surface area (Å²) in [5.74, 6) is -8.29. The summed E-state index contributed by atoms with van der Waals surface area (Å²) in [6, 6.07) is 0. The van der Waals surface area contributed by atoms with Gasteiger partial charge < -0.3 is 19.7 Å². The standard InChI is InChI=1S/C18H22F12O3.C12H18F6O3/c1-4-12(2,3)11(31)33-14(17(25,26)27,18(28,29)30)10-7-5-9(6-8-10)13(32,15(19,20)21)16(22,23)24;1-5-9(3,4)8(19)21-7(2)6-10(20,11(13,14)15)12(16,17)18/h9-10,32H,4-8H2,1-3H3;7,20H,5-6H2,1-4H3. The molecule has 6 nitrogen and oxygen atoms in total. The molecule has 0 aromatic rings. The van der Waals surface area contributed by atoms with Crippen molar-refractivity contribution in [3.05, 3.63) is 0 Å². The van der Waals surface area contributed by atoms with E-state index in [0.717, 1.165) is 20.8 Å². The lowest BCUT2D eigenvalue weighted by Crippen LogP contribution is -2.66. The topological polar surface area (TPSA) is 93.1 Å². The number of ether oxygens (including phenoxy) is 2. The molecule has 0 aromatic carbocycles. The van der Waals surface area contributed by atoms with Crippen LogP contribution in [0.1, 0.15) is 93.4 Å². The molecule has 1 rings (SSSR count). The van der Waals surface area contributed by atoms with Gasteiger partial charge in [0.25, 0.3) is 11.2 Å². The van der Waals surface area contributed by atoms with E-state index in [2.05, 4.69) is 9.47 Å². The van der Waals surface area contributed by atoms with Crippen LogP contribution in [0.25, 0.3) is 0 Å². The molecule has 54 heavy (non-hydrogen) atoms. The number of esters is 2. The molecule has 0 bridgehead atoms. The largest absolute Gasteiger partial charge is 0.462 e. The molecule has 0 saturated heterocycles. The smallest absolute Gasteiger partial charge is 0.437 e. The van der Waals surface area contributed by atoms with Crippen molar-refractivity contribution in [3.63, 3.8) is 0 Å². The van der Waals surface area contributed by atoms with E-state index in [0.29, 0.717) is 6.42 Å². The summed E-state index contributed by atoms with van der Waals surface area (Å²) in [5.41, 5.74) is -18.2. The number of carbonyl (C=O) groups excluding carboxylic acids is 2. The maximum absolute atomic E-state index is 13.8. The molecule has 1 saturated carbocycles. The van der Waals surface area contributed by atoms with Gasteiger partial charge in [-0.3, -0.25) is 9.59 Å². The van der Waals surface area contributed by atoms with E-state index in [1.807, 2.05) is 0 Å². The summed E-state index contributed by atoms with van der Waals surface area (Å²) in [6.45, 7) is 8.68. The van der Waals surface area contributed by atoms with Gasteiger partial charge in [0.05, 0.1) is 10.8 Å². The highest BCUT2D eigenvalue weighted by Gasteiger charge is 2.79. The SMILES string of the molecule is CCC(C)(C)C(=O)OC(C)CC(O)(C(F)(F)F)C(F)(F)F.CCC(C)(C)C(=O)OC(C1CCC(C(O)(C(F)(F)F)C(F)(F)F)CC1)(C(F)(F)F)C(F)(F)F. The normalized spacial score (nSPS) is 19.8. The summed E-state index contributed by atoms with van der Waals surface area (Å²) in [5, 5.41) is 18.4. The van der Waals surface area contributed by atoms with Gasteiger partial charge in [0, 0.05) is 18.3 Å². The molecule has 1 aliphatic carbocycles. The molecule has 0 spiro atoms. The van der Waals surface area contributed by atoms with Crippen LogP contribution in [0, 0.1) is 22.7 Å². The molecule has 1 atom stereocenters. The summed E-state index contributed by atoms with van der Waals surface area (Å²) < 4.78 is 245. The second-order valence-electron chi connectivity index (χ2n) is 14.2. The van der Waals surface area contributed by atoms with Crippen molar-refractivity contribution in [2.75, 3.05) is 0 Å². The number of hydrogen-bond acceptors (Lipinski definition) is 6. The highest BCUT2D eigenvalue weighted by Crippen LogP contribution is 2.58. The maximum Gasteiger partial charge on any atom is 0.437 e. The lowest BCUT2D eigenvalue weighted by molar-refractivity contribution is -0.400. The lowest BCUT2D eigenvalue weighted by atomic mass is 9.67. The van der Waals surface area contributed by atoms with Crippen molar-refractivity contribution in [2.45, 2.75) is 153 Å². The molecule has 1 aliphatic rings. The third kappa shape index (κ3) is 10.5. The van der Waals surface area contributed by atoms with E-state index < -0.39 is 127 Å². The van der Waals surface area contributed by atoms with Crippen molar-refractivity contribution in [2.24, 2.45) is 22.7 Å². The highest BCUT2D eigenvalue weighted by atomic mass is 19.4. The van der Waals surface area contributed by atoms with Crippen LogP contribution in [0.3, 0.4) is 0 Å². The molecular weight excluding hydrogens is 798 g/mol. The summed E-state index contributed by atoms with van der Waals surface area (Å²) in [7, 11) is 0. The molecular formula is C30H40F18O6. The third-order valence-electron chi connectivity index (χ3n) is 9.56. The maximum atomic E-state index is 13.8. The molecule has 0 amide bonds. The summed E-state index contributed by atoms with van der Waals surface area (Å²) in [4.78, 5) is 23.8. The molecule has 24 heteroatoms. The van der Waals surface area contributed by atoms with E-state index in [4.69, 9.17) is 5.11 Å². The van der Waals surface area contributed by atoms with Gasteiger partial charge in [0.15, 0.2) is 0 Å². The van der Waals surface area contributed by atoms with Crippen molar-refractivity contribution in [3.8, 4) is 0 Å². The van der Waals surface area contributed by atoms with Gasteiger partial charge in [0.2, 0.25) is 0 Å². The fraction of sp³-hybridized carbons (Fsp3) is 0.933. The van der Waals surface area contributed by atoms with Gasteiger partial charge in [-0.05, 0) is 73.1 Å². The van der Waals surface area contributed by atoms with E-state index in [1.165, 1.54) is 20.8 Å². The predicted molar refractivity (Wildman–Crippen MR) is 149 cm³/mol. The second-order valence-corrected chi connectivity index (χ2v) is 14.2. The van der Waals surface area contributed by atoms with Crippen LogP contribution in [-0.4, -0.2) is 82.1 Å². The minimum atomic E-state index is -6.29. The van der Waals surface area contributed by atoms with Crippen LogP contribution < -0.4 is 0 Å². The van der Waals surface area contributed by atoms with Crippen LogP contribution in [0.2, 0.25) is 0 Å². The molecule has 322 valence electrons. The fourth-order valence-corrected chi connectivity index (χ4v) is 5.13. The number of hydrogen-bond donors (Lipinski definition) is 2. The molecule has 1 fully saturated rings. The van der Waals surface area contributed by atoms with E-state index in [-0.39, 0.29) is 6.42 Å². The number of halogens is 18. The number of carbonyl (C=O) groups is 2. The van der Waals surface area contributed by atoms with Gasteiger partial charge in [-0.2, -0.15) is 79.0 Å². The Morgan fingerprint density at radius 2 is 0.870 bits per heavy atom. The zero-order valence-electron chi connectivity index (χ0n) is 29.5. The average molecular weight is 839 g/mol. The Balaban J connectivity index is 0.00000115. The van der Waals surface area contributed by atoms with Crippen LogP contribution in [0.4, 0.5) is 79.0 Å². The fourth-order valence-electron chi connectivity index (χ4n) is 5.13. The zero-order valence-corrected chi connectivity index (χ0v) is 29.5. The van der Waals surface area contributed by atoms with Crippen molar-refractivity contribution >= 4 is 11.9 Å². The summed E-state index contributed by atoms with van der Waals surface area (Å²) in [6.07, 6.45) is -46.4. The number of aliphatic hydroxyl groups is 2. The Morgan fingerprint density at radius 1 is 0.556 bits per heavy atom. The molecule has 0 radical (unpaired) electrons. The van der Waals surface area contributed by atoms with Gasteiger partial charge in [-0.1, -0.05) is 13.8 Å². The van der Waals surface area contributed by atoms with Crippen LogP contribution in [0.15, 0.2) is 0 Å². The van der Waals surface area contributed by atoms with Gasteiger partial charge in [-0.15, -0.1) is 0 Å². The predicted octanol–water partition coefficient (Wildman–Crippen LogP) is 10.1. The van der Waals surface area contributed by atoms with Crippen LogP contribution >= 0.6 is 0 Å². The monoisotopic (exact) mass is 838 g/mol. The molecule has 0 aliphatic heterocycles. The van der Waals surface area contributed by atoms with Crippen LogP contribution in [0.5, 0.6) is 0 Å². The number of rotatable bonds is 10. The number of alkyl halides is 18. The first kappa shape index (κ1) is 51.6. The van der Waals surface area contributed by atoms with Gasteiger partial charge in [0.1, 0.15) is 6.10 Å².